The van der Waals surface area contributed by atoms with E-state index in [2.05, 4.69) is 16.8 Å². The number of hydrogen-bond acceptors (Lipinski definition) is 3. The number of carbonyl (C=O) groups is 1. The fourth-order valence-corrected chi connectivity index (χ4v) is 3.56. The first-order valence-corrected chi connectivity index (χ1v) is 7.79. The van der Waals surface area contributed by atoms with E-state index in [0.717, 1.165) is 38.5 Å². The van der Waals surface area contributed by atoms with Gasteiger partial charge < -0.3 is 10.0 Å². The standard InChI is InChI=1S/C15H28N2O2/c1-16-7-9-17(10-8-16)14(12-15(18)19)11-13-5-3-2-4-6-13/h13-14H,2-12H2,1H3,(H,18,19). The Balaban J connectivity index is 1.88. The molecular formula is C15H28N2O2. The first kappa shape index (κ1) is 14.8. The molecule has 1 N–H and O–H groups in total. The molecule has 19 heavy (non-hydrogen) atoms. The summed E-state index contributed by atoms with van der Waals surface area (Å²) in [6.07, 6.45) is 8.08. The lowest BCUT2D eigenvalue weighted by molar-refractivity contribution is -0.138. The molecular weight excluding hydrogens is 240 g/mol. The van der Waals surface area contributed by atoms with Crippen LogP contribution >= 0.6 is 0 Å². The van der Waals surface area contributed by atoms with Crippen molar-refractivity contribution >= 4 is 5.97 Å². The van der Waals surface area contributed by atoms with E-state index in [0.29, 0.717) is 6.42 Å². The Morgan fingerprint density at radius 3 is 2.37 bits per heavy atom. The highest BCUT2D eigenvalue weighted by atomic mass is 16.4. The summed E-state index contributed by atoms with van der Waals surface area (Å²) in [4.78, 5) is 15.9. The molecule has 2 aliphatic rings. The highest BCUT2D eigenvalue weighted by Crippen LogP contribution is 2.29. The van der Waals surface area contributed by atoms with Crippen LogP contribution in [0.2, 0.25) is 0 Å². The third kappa shape index (κ3) is 4.77. The van der Waals surface area contributed by atoms with Crippen LogP contribution in [0.25, 0.3) is 0 Å². The lowest BCUT2D eigenvalue weighted by Crippen LogP contribution is -2.50. The van der Waals surface area contributed by atoms with Crippen molar-refractivity contribution in [1.82, 2.24) is 9.80 Å². The van der Waals surface area contributed by atoms with E-state index < -0.39 is 5.97 Å². The monoisotopic (exact) mass is 268 g/mol. The average Bonchev–Trinajstić information content (AvgIpc) is 2.39. The predicted molar refractivity (Wildman–Crippen MR) is 76.3 cm³/mol. The second-order valence-electron chi connectivity index (χ2n) is 6.33. The van der Waals surface area contributed by atoms with E-state index in [-0.39, 0.29) is 6.04 Å². The van der Waals surface area contributed by atoms with Crippen molar-refractivity contribution in [3.8, 4) is 0 Å². The van der Waals surface area contributed by atoms with Crippen LogP contribution in [0.1, 0.15) is 44.9 Å². The Hall–Kier alpha value is -0.610. The Morgan fingerprint density at radius 1 is 1.16 bits per heavy atom. The molecule has 0 spiro atoms. The molecule has 1 atom stereocenters. The van der Waals surface area contributed by atoms with Crippen molar-refractivity contribution in [2.75, 3.05) is 33.2 Å². The van der Waals surface area contributed by atoms with Gasteiger partial charge in [-0.2, -0.15) is 0 Å². The minimum absolute atomic E-state index is 0.259. The predicted octanol–water partition coefficient (Wildman–Crippen LogP) is 2.05. The van der Waals surface area contributed by atoms with Gasteiger partial charge in [0.2, 0.25) is 0 Å². The number of carboxylic acid groups (broad SMARTS) is 1. The summed E-state index contributed by atoms with van der Waals surface area (Å²) < 4.78 is 0. The second kappa shape index (κ2) is 7.25. The number of carboxylic acids is 1. The molecule has 1 unspecified atom stereocenters. The molecule has 2 fully saturated rings. The molecule has 4 nitrogen and oxygen atoms in total. The highest BCUT2D eigenvalue weighted by molar-refractivity contribution is 5.67. The molecule has 1 heterocycles. The smallest absolute Gasteiger partial charge is 0.304 e. The van der Waals surface area contributed by atoms with E-state index in [9.17, 15) is 4.79 Å². The quantitative estimate of drug-likeness (QED) is 0.829. The minimum Gasteiger partial charge on any atom is -0.481 e. The van der Waals surface area contributed by atoms with Gasteiger partial charge >= 0.3 is 5.97 Å². The summed E-state index contributed by atoms with van der Waals surface area (Å²) in [5, 5.41) is 9.16. The zero-order valence-corrected chi connectivity index (χ0v) is 12.2. The summed E-state index contributed by atoms with van der Waals surface area (Å²) in [6.45, 7) is 4.20. The number of rotatable bonds is 5. The maximum Gasteiger partial charge on any atom is 0.304 e. The minimum atomic E-state index is -0.639. The number of piperazine rings is 1. The first-order chi connectivity index (χ1) is 9.15. The first-order valence-electron chi connectivity index (χ1n) is 7.79. The van der Waals surface area contributed by atoms with Crippen molar-refractivity contribution in [3.05, 3.63) is 0 Å². The molecule has 0 radical (unpaired) electrons. The van der Waals surface area contributed by atoms with E-state index in [1.54, 1.807) is 0 Å². The van der Waals surface area contributed by atoms with Crippen molar-refractivity contribution in [1.29, 1.82) is 0 Å². The third-order valence-electron chi connectivity index (χ3n) is 4.79. The molecule has 0 aromatic heterocycles. The van der Waals surface area contributed by atoms with Gasteiger partial charge in [0.1, 0.15) is 0 Å². The number of aliphatic carboxylic acids is 1. The Bertz CT molecular complexity index is 282. The maximum atomic E-state index is 11.1. The molecule has 0 aromatic carbocycles. The fraction of sp³-hybridized carbons (Fsp3) is 0.933. The van der Waals surface area contributed by atoms with Crippen LogP contribution in [0.15, 0.2) is 0 Å². The van der Waals surface area contributed by atoms with Crippen LogP contribution in [0.5, 0.6) is 0 Å². The molecule has 110 valence electrons. The van der Waals surface area contributed by atoms with Gasteiger partial charge in [0.05, 0.1) is 6.42 Å². The van der Waals surface area contributed by atoms with Crippen LogP contribution < -0.4 is 0 Å². The second-order valence-corrected chi connectivity index (χ2v) is 6.33. The summed E-state index contributed by atoms with van der Waals surface area (Å²) in [5.41, 5.74) is 0. The van der Waals surface area contributed by atoms with Gasteiger partial charge in [-0.3, -0.25) is 9.69 Å². The topological polar surface area (TPSA) is 43.8 Å². The zero-order chi connectivity index (χ0) is 13.7. The molecule has 4 heteroatoms. The van der Waals surface area contributed by atoms with E-state index in [4.69, 9.17) is 5.11 Å². The average molecular weight is 268 g/mol. The van der Waals surface area contributed by atoms with Gasteiger partial charge in [0.15, 0.2) is 0 Å². The lowest BCUT2D eigenvalue weighted by atomic mass is 9.83. The summed E-state index contributed by atoms with van der Waals surface area (Å²) in [6, 6.07) is 0.259. The van der Waals surface area contributed by atoms with Crippen LogP contribution in [-0.4, -0.2) is 60.1 Å². The Kier molecular flexibility index (Phi) is 5.64. The molecule has 1 saturated carbocycles. The fourth-order valence-electron chi connectivity index (χ4n) is 3.56. The molecule has 0 amide bonds. The number of hydrogen-bond donors (Lipinski definition) is 1. The Morgan fingerprint density at radius 2 is 1.79 bits per heavy atom. The van der Waals surface area contributed by atoms with Gasteiger partial charge in [0.25, 0.3) is 0 Å². The summed E-state index contributed by atoms with van der Waals surface area (Å²) >= 11 is 0. The van der Waals surface area contributed by atoms with Gasteiger partial charge in [-0.05, 0) is 19.4 Å². The molecule has 0 aromatic rings. The van der Waals surface area contributed by atoms with Crippen molar-refractivity contribution < 1.29 is 9.90 Å². The summed E-state index contributed by atoms with van der Waals surface area (Å²) in [7, 11) is 2.14. The number of likely N-dealkylation sites (N-methyl/N-ethyl adjacent to an activating group) is 1. The molecule has 2 rings (SSSR count). The maximum absolute atomic E-state index is 11.1. The highest BCUT2D eigenvalue weighted by Gasteiger charge is 2.27. The third-order valence-corrected chi connectivity index (χ3v) is 4.79. The van der Waals surface area contributed by atoms with Gasteiger partial charge in [-0.25, -0.2) is 0 Å². The normalized spacial score (nSPS) is 25.3. The Labute approximate surface area is 116 Å². The van der Waals surface area contributed by atoms with Crippen LogP contribution in [0, 0.1) is 5.92 Å². The molecule has 1 saturated heterocycles. The molecule has 0 bridgehead atoms. The lowest BCUT2D eigenvalue weighted by Gasteiger charge is -2.39. The largest absolute Gasteiger partial charge is 0.481 e. The van der Waals surface area contributed by atoms with Crippen LogP contribution in [0.4, 0.5) is 0 Å². The SMILES string of the molecule is CN1CCN(C(CC(=O)O)CC2CCCCC2)CC1. The van der Waals surface area contributed by atoms with Crippen molar-refractivity contribution in [2.45, 2.75) is 51.0 Å². The van der Waals surface area contributed by atoms with Crippen LogP contribution in [-0.2, 0) is 4.79 Å². The molecule has 1 aliphatic heterocycles. The zero-order valence-electron chi connectivity index (χ0n) is 12.2. The van der Waals surface area contributed by atoms with E-state index >= 15 is 0 Å². The van der Waals surface area contributed by atoms with Gasteiger partial charge in [0, 0.05) is 32.2 Å². The van der Waals surface area contributed by atoms with Crippen molar-refractivity contribution in [3.63, 3.8) is 0 Å². The van der Waals surface area contributed by atoms with Gasteiger partial charge in [-0.15, -0.1) is 0 Å². The van der Waals surface area contributed by atoms with E-state index in [1.165, 1.54) is 32.1 Å². The van der Waals surface area contributed by atoms with Gasteiger partial charge in [-0.1, -0.05) is 32.1 Å². The van der Waals surface area contributed by atoms with E-state index in [1.807, 2.05) is 0 Å². The van der Waals surface area contributed by atoms with Crippen LogP contribution in [0.3, 0.4) is 0 Å². The van der Waals surface area contributed by atoms with Crippen molar-refractivity contribution in [2.24, 2.45) is 5.92 Å². The molecule has 1 aliphatic carbocycles. The number of nitrogens with zero attached hydrogens (tertiary/aromatic N) is 2. The summed E-state index contributed by atoms with van der Waals surface area (Å²) in [5.74, 6) is 0.123.